The zero-order valence-electron chi connectivity index (χ0n) is 16.3. The molecule has 0 aliphatic carbocycles. The average Bonchev–Trinajstić information content (AvgIpc) is 3.13. The number of alkyl halides is 3. The lowest BCUT2D eigenvalue weighted by Crippen LogP contribution is -2.31. The zero-order chi connectivity index (χ0) is 21.3. The van der Waals surface area contributed by atoms with Crippen molar-refractivity contribution >= 4 is 11.5 Å². The number of dihydropyridines is 1. The van der Waals surface area contributed by atoms with E-state index in [0.29, 0.717) is 17.0 Å². The minimum atomic E-state index is -4.61. The largest absolute Gasteiger partial charge is 0.460 e. The van der Waals surface area contributed by atoms with Gasteiger partial charge in [-0.15, -0.1) is 10.2 Å². The number of halogens is 3. The lowest BCUT2D eigenvalue weighted by Gasteiger charge is -2.32. The monoisotopic (exact) mass is 407 g/mol. The summed E-state index contributed by atoms with van der Waals surface area (Å²) in [5.74, 6) is -1.70. The van der Waals surface area contributed by atoms with Crippen LogP contribution in [0.2, 0.25) is 0 Å². The molecular formula is C19H20F3N5O2. The third-order valence-electron chi connectivity index (χ3n) is 4.49. The van der Waals surface area contributed by atoms with E-state index in [-0.39, 0.29) is 17.0 Å². The number of benzene rings is 1. The van der Waals surface area contributed by atoms with Crippen molar-refractivity contribution < 1.29 is 22.7 Å². The highest BCUT2D eigenvalue weighted by Gasteiger charge is 2.42. The van der Waals surface area contributed by atoms with Crippen molar-refractivity contribution in [1.82, 2.24) is 25.9 Å². The number of esters is 1. The van der Waals surface area contributed by atoms with Crippen molar-refractivity contribution in [3.8, 4) is 0 Å². The third kappa shape index (κ3) is 4.01. The van der Waals surface area contributed by atoms with E-state index in [0.717, 1.165) is 6.07 Å². The minimum absolute atomic E-state index is 0.0702. The molecule has 0 fully saturated rings. The molecule has 1 aliphatic heterocycles. The fourth-order valence-electron chi connectivity index (χ4n) is 3.43. The molecule has 0 radical (unpaired) electrons. The van der Waals surface area contributed by atoms with Gasteiger partial charge in [0.25, 0.3) is 0 Å². The van der Waals surface area contributed by atoms with Crippen LogP contribution >= 0.6 is 0 Å². The molecule has 1 aromatic carbocycles. The summed E-state index contributed by atoms with van der Waals surface area (Å²) in [7, 11) is 0. The number of hydrogen-bond donors (Lipinski definition) is 2. The van der Waals surface area contributed by atoms with Gasteiger partial charge < -0.3 is 10.1 Å². The summed E-state index contributed by atoms with van der Waals surface area (Å²) in [5.41, 5.74) is 0.381. The SMILES string of the molecule is CC1=C(C(=O)OC(C)C)C(c2ccccc2C(F)(F)F)C(c2nn[nH]n2)=C(C)N1. The van der Waals surface area contributed by atoms with Gasteiger partial charge in [0.2, 0.25) is 5.82 Å². The van der Waals surface area contributed by atoms with Gasteiger partial charge in [-0.25, -0.2) is 4.79 Å². The van der Waals surface area contributed by atoms with Crippen molar-refractivity contribution in [3.05, 3.63) is 58.2 Å². The number of ether oxygens (including phenoxy) is 1. The summed E-state index contributed by atoms with van der Waals surface area (Å²) >= 11 is 0. The van der Waals surface area contributed by atoms with Crippen LogP contribution in [0.4, 0.5) is 13.2 Å². The molecule has 2 aromatic rings. The van der Waals surface area contributed by atoms with Gasteiger partial charge in [-0.1, -0.05) is 18.2 Å². The first-order valence-electron chi connectivity index (χ1n) is 8.90. The molecule has 1 aromatic heterocycles. The Morgan fingerprint density at radius 1 is 1.17 bits per heavy atom. The van der Waals surface area contributed by atoms with Crippen molar-refractivity contribution in [2.45, 2.75) is 45.9 Å². The number of carbonyl (C=O) groups is 1. The molecule has 1 atom stereocenters. The van der Waals surface area contributed by atoms with E-state index in [1.165, 1.54) is 18.2 Å². The molecule has 1 aliphatic rings. The van der Waals surface area contributed by atoms with Gasteiger partial charge in [0.15, 0.2) is 0 Å². The number of carbonyl (C=O) groups excluding carboxylic acids is 1. The summed E-state index contributed by atoms with van der Waals surface area (Å²) in [6, 6.07) is 5.14. The smallest absolute Gasteiger partial charge is 0.416 e. The normalized spacial score (nSPS) is 17.6. The molecule has 0 bridgehead atoms. The van der Waals surface area contributed by atoms with E-state index in [2.05, 4.69) is 25.9 Å². The van der Waals surface area contributed by atoms with Crippen LogP contribution in [0.25, 0.3) is 5.57 Å². The molecule has 0 spiro atoms. The summed E-state index contributed by atoms with van der Waals surface area (Å²) in [4.78, 5) is 12.9. The molecule has 0 saturated heterocycles. The van der Waals surface area contributed by atoms with Crippen molar-refractivity contribution in [1.29, 1.82) is 0 Å². The topological polar surface area (TPSA) is 92.8 Å². The van der Waals surface area contributed by atoms with E-state index in [9.17, 15) is 18.0 Å². The third-order valence-corrected chi connectivity index (χ3v) is 4.49. The molecule has 0 amide bonds. The Labute approximate surface area is 165 Å². The van der Waals surface area contributed by atoms with E-state index in [4.69, 9.17) is 4.74 Å². The Bertz CT molecular complexity index is 978. The van der Waals surface area contributed by atoms with Gasteiger partial charge in [0.05, 0.1) is 17.2 Å². The van der Waals surface area contributed by atoms with E-state index in [1.54, 1.807) is 27.7 Å². The van der Waals surface area contributed by atoms with E-state index >= 15 is 0 Å². The quantitative estimate of drug-likeness (QED) is 0.753. The second kappa shape index (κ2) is 7.69. The van der Waals surface area contributed by atoms with Crippen molar-refractivity contribution in [2.75, 3.05) is 0 Å². The number of rotatable bonds is 4. The van der Waals surface area contributed by atoms with Gasteiger partial charge in [0.1, 0.15) is 0 Å². The molecule has 2 N–H and O–H groups in total. The summed E-state index contributed by atoms with van der Waals surface area (Å²) < 4.78 is 46.7. The second-order valence-corrected chi connectivity index (χ2v) is 6.91. The maximum Gasteiger partial charge on any atom is 0.416 e. The Morgan fingerprint density at radius 2 is 1.86 bits per heavy atom. The highest BCUT2D eigenvalue weighted by atomic mass is 19.4. The maximum atomic E-state index is 13.8. The number of hydrogen-bond acceptors (Lipinski definition) is 6. The van der Waals surface area contributed by atoms with Crippen LogP contribution in [0, 0.1) is 0 Å². The number of tetrazole rings is 1. The Hall–Kier alpha value is -3.17. The van der Waals surface area contributed by atoms with Crippen LogP contribution in [0.15, 0.2) is 41.2 Å². The van der Waals surface area contributed by atoms with Crippen LogP contribution < -0.4 is 5.32 Å². The lowest BCUT2D eigenvalue weighted by molar-refractivity contribution is -0.143. The molecule has 0 saturated carbocycles. The predicted octanol–water partition coefficient (Wildman–Crippen LogP) is 3.56. The summed E-state index contributed by atoms with van der Waals surface area (Å²) in [6.45, 7) is 6.65. The van der Waals surface area contributed by atoms with Crippen molar-refractivity contribution in [3.63, 3.8) is 0 Å². The Kier molecular flexibility index (Phi) is 5.45. The van der Waals surface area contributed by atoms with Crippen LogP contribution in [0.5, 0.6) is 0 Å². The standard InChI is InChI=1S/C19H20F3N5O2/c1-9(2)29-18(28)15-11(4)23-10(3)14(17-24-26-27-25-17)16(15)12-7-5-6-8-13(12)19(20,21)22/h5-9,16,23H,1-4H3,(H,24,25,26,27). The number of allylic oxidation sites excluding steroid dienone is 3. The Morgan fingerprint density at radius 3 is 2.45 bits per heavy atom. The molecule has 154 valence electrons. The molecule has 2 heterocycles. The van der Waals surface area contributed by atoms with Crippen LogP contribution in [0.1, 0.15) is 50.6 Å². The van der Waals surface area contributed by atoms with Crippen LogP contribution in [0.3, 0.4) is 0 Å². The van der Waals surface area contributed by atoms with Gasteiger partial charge in [-0.3, -0.25) is 0 Å². The minimum Gasteiger partial charge on any atom is -0.460 e. The highest BCUT2D eigenvalue weighted by molar-refractivity contribution is 5.97. The molecule has 29 heavy (non-hydrogen) atoms. The number of aromatic amines is 1. The zero-order valence-corrected chi connectivity index (χ0v) is 16.3. The number of H-pyrrole nitrogens is 1. The molecule has 1 unspecified atom stereocenters. The van der Waals surface area contributed by atoms with Crippen LogP contribution in [-0.2, 0) is 15.7 Å². The fraction of sp³-hybridized carbons (Fsp3) is 0.368. The molecular weight excluding hydrogens is 387 g/mol. The molecule has 10 heteroatoms. The number of aromatic nitrogens is 4. The predicted molar refractivity (Wildman–Crippen MR) is 98.0 cm³/mol. The van der Waals surface area contributed by atoms with Gasteiger partial charge >= 0.3 is 12.1 Å². The lowest BCUT2D eigenvalue weighted by atomic mass is 9.78. The first-order valence-corrected chi connectivity index (χ1v) is 8.90. The maximum absolute atomic E-state index is 13.8. The summed E-state index contributed by atoms with van der Waals surface area (Å²) in [6.07, 6.45) is -5.06. The van der Waals surface area contributed by atoms with E-state index in [1.807, 2.05) is 0 Å². The first kappa shape index (κ1) is 20.6. The van der Waals surface area contributed by atoms with Gasteiger partial charge in [0, 0.05) is 22.9 Å². The van der Waals surface area contributed by atoms with Gasteiger partial charge in [-0.05, 0) is 44.5 Å². The van der Waals surface area contributed by atoms with E-state index < -0.39 is 29.7 Å². The van der Waals surface area contributed by atoms with Crippen LogP contribution in [-0.4, -0.2) is 32.7 Å². The number of nitrogens with one attached hydrogen (secondary N) is 2. The van der Waals surface area contributed by atoms with Gasteiger partial charge in [-0.2, -0.15) is 18.4 Å². The van der Waals surface area contributed by atoms with Crippen molar-refractivity contribution in [2.24, 2.45) is 0 Å². The Balaban J connectivity index is 2.28. The first-order chi connectivity index (χ1) is 13.6. The number of nitrogens with zero attached hydrogens (tertiary/aromatic N) is 3. The summed E-state index contributed by atoms with van der Waals surface area (Å²) in [5, 5.41) is 16.7. The fourth-order valence-corrected chi connectivity index (χ4v) is 3.43. The average molecular weight is 407 g/mol. The molecule has 7 nitrogen and oxygen atoms in total. The highest BCUT2D eigenvalue weighted by Crippen LogP contribution is 2.46. The second-order valence-electron chi connectivity index (χ2n) is 6.91. The molecule has 3 rings (SSSR count).